The monoisotopic (exact) mass is 267 g/mol. The van der Waals surface area contributed by atoms with Crippen LogP contribution >= 0.6 is 0 Å². The van der Waals surface area contributed by atoms with Crippen LogP contribution in [-0.2, 0) is 0 Å². The zero-order valence-corrected chi connectivity index (χ0v) is 10.9. The Balaban J connectivity index is 2.24. The predicted octanol–water partition coefficient (Wildman–Crippen LogP) is 2.30. The van der Waals surface area contributed by atoms with Crippen molar-refractivity contribution in [2.45, 2.75) is 25.3 Å². The van der Waals surface area contributed by atoms with Crippen LogP contribution in [0.1, 0.15) is 19.3 Å². The minimum absolute atomic E-state index is 0.209. The smallest absolute Gasteiger partial charge is 0.272 e. The summed E-state index contributed by atoms with van der Waals surface area (Å²) in [7, 11) is 1.82. The van der Waals surface area contributed by atoms with Crippen LogP contribution in [0.25, 0.3) is 0 Å². The molecule has 0 saturated heterocycles. The van der Waals surface area contributed by atoms with Gasteiger partial charge in [-0.2, -0.15) is 0 Å². The van der Waals surface area contributed by atoms with Gasteiger partial charge in [0.1, 0.15) is 0 Å². The van der Waals surface area contributed by atoms with E-state index in [0.29, 0.717) is 18.2 Å². The van der Waals surface area contributed by atoms with Gasteiger partial charge >= 0.3 is 0 Å². The van der Waals surface area contributed by atoms with E-state index in [-0.39, 0.29) is 11.7 Å². The average molecular weight is 267 g/mol. The summed E-state index contributed by atoms with van der Waals surface area (Å²) in [5, 5.41) is 10.6. The molecule has 5 nitrogen and oxygen atoms in total. The second-order valence-corrected chi connectivity index (χ2v) is 5.00. The molecule has 1 saturated carbocycles. The van der Waals surface area contributed by atoms with Gasteiger partial charge in [0.15, 0.2) is 5.82 Å². The van der Waals surface area contributed by atoms with Gasteiger partial charge < -0.3 is 10.6 Å². The number of anilines is 1. The van der Waals surface area contributed by atoms with Gasteiger partial charge in [-0.1, -0.05) is 6.42 Å². The fourth-order valence-corrected chi connectivity index (χ4v) is 2.88. The lowest BCUT2D eigenvalue weighted by molar-refractivity contribution is -0.385. The number of nitrogens with zero attached hydrogens (tertiary/aromatic N) is 2. The largest absolute Gasteiger partial charge is 0.369 e. The SMILES string of the molecule is CN(c1ccc([N+](=O)[O-])cc1F)C1CCCC1CN. The van der Waals surface area contributed by atoms with E-state index in [1.54, 1.807) is 0 Å². The Morgan fingerprint density at radius 3 is 2.84 bits per heavy atom. The highest BCUT2D eigenvalue weighted by Gasteiger charge is 2.30. The van der Waals surface area contributed by atoms with E-state index in [2.05, 4.69) is 0 Å². The average Bonchev–Trinajstić information content (AvgIpc) is 2.85. The van der Waals surface area contributed by atoms with E-state index in [1.165, 1.54) is 12.1 Å². The van der Waals surface area contributed by atoms with Crippen molar-refractivity contribution in [1.82, 2.24) is 0 Å². The minimum Gasteiger partial charge on any atom is -0.369 e. The quantitative estimate of drug-likeness (QED) is 0.671. The molecule has 2 atom stereocenters. The summed E-state index contributed by atoms with van der Waals surface area (Å²) in [4.78, 5) is 11.9. The first-order chi connectivity index (χ1) is 9.04. The minimum atomic E-state index is -0.592. The molecule has 1 fully saturated rings. The highest BCUT2D eigenvalue weighted by Crippen LogP contribution is 2.33. The molecule has 2 rings (SSSR count). The summed E-state index contributed by atoms with van der Waals surface area (Å²) in [6.07, 6.45) is 3.13. The number of nitro benzene ring substituents is 1. The molecule has 6 heteroatoms. The van der Waals surface area contributed by atoms with E-state index < -0.39 is 10.7 Å². The van der Waals surface area contributed by atoms with Gasteiger partial charge in [-0.05, 0) is 31.4 Å². The first kappa shape index (κ1) is 13.7. The molecular weight excluding hydrogens is 249 g/mol. The summed E-state index contributed by atoms with van der Waals surface area (Å²) >= 11 is 0. The van der Waals surface area contributed by atoms with Crippen LogP contribution < -0.4 is 10.6 Å². The molecule has 1 aliphatic rings. The summed E-state index contributed by atoms with van der Waals surface area (Å²) in [6.45, 7) is 0.587. The molecule has 2 unspecified atom stereocenters. The van der Waals surface area contributed by atoms with E-state index in [1.807, 2.05) is 11.9 Å². The Kier molecular flexibility index (Phi) is 3.99. The molecule has 1 aromatic carbocycles. The second kappa shape index (κ2) is 5.52. The molecule has 0 aliphatic heterocycles. The number of nitro groups is 1. The lowest BCUT2D eigenvalue weighted by Crippen LogP contribution is -2.38. The first-order valence-electron chi connectivity index (χ1n) is 6.41. The number of halogens is 1. The zero-order chi connectivity index (χ0) is 14.0. The van der Waals surface area contributed by atoms with Crippen molar-refractivity contribution in [3.8, 4) is 0 Å². The van der Waals surface area contributed by atoms with Crippen LogP contribution in [-0.4, -0.2) is 24.6 Å². The van der Waals surface area contributed by atoms with Gasteiger partial charge in [0.05, 0.1) is 16.7 Å². The number of hydrogen-bond acceptors (Lipinski definition) is 4. The first-order valence-corrected chi connectivity index (χ1v) is 6.41. The van der Waals surface area contributed by atoms with Gasteiger partial charge in [-0.25, -0.2) is 4.39 Å². The summed E-state index contributed by atoms with van der Waals surface area (Å²) < 4.78 is 14.0. The highest BCUT2D eigenvalue weighted by molar-refractivity contribution is 5.52. The maximum atomic E-state index is 14.0. The lowest BCUT2D eigenvalue weighted by atomic mass is 10.0. The maximum Gasteiger partial charge on any atom is 0.272 e. The molecule has 0 amide bonds. The van der Waals surface area contributed by atoms with Crippen molar-refractivity contribution >= 4 is 11.4 Å². The summed E-state index contributed by atoms with van der Waals surface area (Å²) in [5.74, 6) is -0.195. The van der Waals surface area contributed by atoms with E-state index in [9.17, 15) is 14.5 Å². The standard InChI is InChI=1S/C13H18FN3O2/c1-16(12-4-2-3-9(12)8-15)13-6-5-10(17(18)19)7-11(13)14/h5-7,9,12H,2-4,8,15H2,1H3. The highest BCUT2D eigenvalue weighted by atomic mass is 19.1. The number of hydrogen-bond donors (Lipinski definition) is 1. The molecule has 2 N–H and O–H groups in total. The van der Waals surface area contributed by atoms with Crippen molar-refractivity contribution in [2.24, 2.45) is 11.7 Å². The summed E-state index contributed by atoms with van der Waals surface area (Å²) in [5.41, 5.74) is 5.91. The van der Waals surface area contributed by atoms with Gasteiger partial charge in [-0.3, -0.25) is 10.1 Å². The molecule has 0 bridgehead atoms. The lowest BCUT2D eigenvalue weighted by Gasteiger charge is -2.31. The Hall–Kier alpha value is -1.69. The van der Waals surface area contributed by atoms with Crippen molar-refractivity contribution in [3.05, 3.63) is 34.1 Å². The third-order valence-corrected chi connectivity index (χ3v) is 3.94. The molecular formula is C13H18FN3O2. The number of benzene rings is 1. The third-order valence-electron chi connectivity index (χ3n) is 3.94. The van der Waals surface area contributed by atoms with Crippen LogP contribution in [0.3, 0.4) is 0 Å². The zero-order valence-electron chi connectivity index (χ0n) is 10.9. The van der Waals surface area contributed by atoms with Gasteiger partial charge in [-0.15, -0.1) is 0 Å². The Morgan fingerprint density at radius 2 is 2.26 bits per heavy atom. The van der Waals surface area contributed by atoms with Gasteiger partial charge in [0.25, 0.3) is 5.69 Å². The van der Waals surface area contributed by atoms with E-state index >= 15 is 0 Å². The molecule has 19 heavy (non-hydrogen) atoms. The van der Waals surface area contributed by atoms with Crippen LogP contribution in [0.4, 0.5) is 15.8 Å². The molecule has 1 aliphatic carbocycles. The van der Waals surface area contributed by atoms with Crippen molar-refractivity contribution in [1.29, 1.82) is 0 Å². The van der Waals surface area contributed by atoms with Gasteiger partial charge in [0, 0.05) is 19.2 Å². The fraction of sp³-hybridized carbons (Fsp3) is 0.538. The van der Waals surface area contributed by atoms with Crippen molar-refractivity contribution in [3.63, 3.8) is 0 Å². The Bertz CT molecular complexity index is 481. The molecule has 0 heterocycles. The maximum absolute atomic E-state index is 14.0. The van der Waals surface area contributed by atoms with Crippen LogP contribution in [0.2, 0.25) is 0 Å². The predicted molar refractivity (Wildman–Crippen MR) is 71.6 cm³/mol. The van der Waals surface area contributed by atoms with Crippen LogP contribution in [0.15, 0.2) is 18.2 Å². The second-order valence-electron chi connectivity index (χ2n) is 5.00. The third kappa shape index (κ3) is 2.68. The normalized spacial score (nSPS) is 22.5. The fourth-order valence-electron chi connectivity index (χ4n) is 2.88. The molecule has 0 aromatic heterocycles. The molecule has 104 valence electrons. The Morgan fingerprint density at radius 1 is 1.53 bits per heavy atom. The van der Waals surface area contributed by atoms with Crippen molar-refractivity contribution < 1.29 is 9.31 Å². The molecule has 1 aromatic rings. The molecule has 0 spiro atoms. The topological polar surface area (TPSA) is 72.4 Å². The number of rotatable bonds is 4. The Labute approximate surface area is 111 Å². The van der Waals surface area contributed by atoms with E-state index in [0.717, 1.165) is 25.3 Å². The van der Waals surface area contributed by atoms with Gasteiger partial charge in [0.2, 0.25) is 0 Å². The van der Waals surface area contributed by atoms with E-state index in [4.69, 9.17) is 5.73 Å². The van der Waals surface area contributed by atoms with Crippen molar-refractivity contribution in [2.75, 3.05) is 18.5 Å². The number of non-ortho nitro benzene ring substituents is 1. The van der Waals surface area contributed by atoms with Crippen LogP contribution in [0, 0.1) is 21.8 Å². The molecule has 0 radical (unpaired) electrons. The van der Waals surface area contributed by atoms with Crippen LogP contribution in [0.5, 0.6) is 0 Å². The summed E-state index contributed by atoms with van der Waals surface area (Å²) in [6, 6.07) is 3.99. The number of nitrogens with two attached hydrogens (primary N) is 1.